The highest BCUT2D eigenvalue weighted by Crippen LogP contribution is 2.22. The van der Waals surface area contributed by atoms with Crippen LogP contribution in [0.25, 0.3) is 0 Å². The number of nitrogens with one attached hydrogen (secondary N) is 1. The normalized spacial score (nSPS) is 18.9. The SMILES string of the molecule is CC(C)C(C)(O)COc1ccc(N2CCNCC2)cc1. The van der Waals surface area contributed by atoms with E-state index in [0.717, 1.165) is 31.9 Å². The van der Waals surface area contributed by atoms with Gasteiger partial charge in [-0.05, 0) is 37.1 Å². The average Bonchev–Trinajstić information content (AvgIpc) is 2.46. The van der Waals surface area contributed by atoms with E-state index in [9.17, 15) is 5.11 Å². The molecule has 4 heteroatoms. The fourth-order valence-corrected chi connectivity index (χ4v) is 2.07. The number of hydrogen-bond donors (Lipinski definition) is 2. The standard InChI is InChI=1S/C16H26N2O2/c1-13(2)16(3,19)12-20-15-6-4-14(5-7-15)18-10-8-17-9-11-18/h4-7,13,17,19H,8-12H2,1-3H3. The molecule has 1 aliphatic rings. The molecule has 1 unspecified atom stereocenters. The molecule has 1 fully saturated rings. The molecule has 2 N–H and O–H groups in total. The lowest BCUT2D eigenvalue weighted by molar-refractivity contribution is -0.0266. The van der Waals surface area contributed by atoms with Crippen molar-refractivity contribution in [3.8, 4) is 5.75 Å². The van der Waals surface area contributed by atoms with Gasteiger partial charge in [-0.15, -0.1) is 0 Å². The summed E-state index contributed by atoms with van der Waals surface area (Å²) in [5.41, 5.74) is 0.437. The lowest BCUT2D eigenvalue weighted by Crippen LogP contribution is -2.43. The van der Waals surface area contributed by atoms with E-state index in [1.807, 2.05) is 32.9 Å². The third-order valence-electron chi connectivity index (χ3n) is 4.09. The van der Waals surface area contributed by atoms with Crippen LogP contribution in [-0.2, 0) is 0 Å². The van der Waals surface area contributed by atoms with Gasteiger partial charge >= 0.3 is 0 Å². The molecule has 1 atom stereocenters. The van der Waals surface area contributed by atoms with Gasteiger partial charge in [0.2, 0.25) is 0 Å². The van der Waals surface area contributed by atoms with Gasteiger partial charge in [0.1, 0.15) is 12.4 Å². The molecule has 1 saturated heterocycles. The van der Waals surface area contributed by atoms with Gasteiger partial charge in [-0.2, -0.15) is 0 Å². The lowest BCUT2D eigenvalue weighted by Gasteiger charge is -2.30. The summed E-state index contributed by atoms with van der Waals surface area (Å²) in [5.74, 6) is 0.979. The summed E-state index contributed by atoms with van der Waals surface area (Å²) >= 11 is 0. The average molecular weight is 278 g/mol. The summed E-state index contributed by atoms with van der Waals surface area (Å²) in [6.07, 6.45) is 0. The van der Waals surface area contributed by atoms with Crippen molar-refractivity contribution in [2.45, 2.75) is 26.4 Å². The zero-order valence-electron chi connectivity index (χ0n) is 12.7. The molecule has 0 bridgehead atoms. The van der Waals surface area contributed by atoms with E-state index in [0.29, 0.717) is 6.61 Å². The van der Waals surface area contributed by atoms with Gasteiger partial charge in [0.05, 0.1) is 5.60 Å². The fraction of sp³-hybridized carbons (Fsp3) is 0.625. The first-order valence-electron chi connectivity index (χ1n) is 7.40. The van der Waals surface area contributed by atoms with Gasteiger partial charge in [-0.1, -0.05) is 13.8 Å². The first-order valence-corrected chi connectivity index (χ1v) is 7.40. The maximum Gasteiger partial charge on any atom is 0.119 e. The molecule has 0 saturated carbocycles. The third kappa shape index (κ3) is 3.87. The second kappa shape index (κ2) is 6.46. The molecule has 1 aliphatic heterocycles. The molecule has 1 aromatic rings. The van der Waals surface area contributed by atoms with Crippen LogP contribution in [0.3, 0.4) is 0 Å². The number of hydrogen-bond acceptors (Lipinski definition) is 4. The van der Waals surface area contributed by atoms with Crippen LogP contribution in [0.15, 0.2) is 24.3 Å². The van der Waals surface area contributed by atoms with E-state index >= 15 is 0 Å². The van der Waals surface area contributed by atoms with E-state index in [2.05, 4.69) is 22.3 Å². The molecule has 2 rings (SSSR count). The van der Waals surface area contributed by atoms with Gasteiger partial charge in [0.25, 0.3) is 0 Å². The minimum absolute atomic E-state index is 0.169. The Morgan fingerprint density at radius 3 is 2.40 bits per heavy atom. The Balaban J connectivity index is 1.91. The van der Waals surface area contributed by atoms with Gasteiger partial charge in [0.15, 0.2) is 0 Å². The van der Waals surface area contributed by atoms with Crippen molar-refractivity contribution in [2.75, 3.05) is 37.7 Å². The van der Waals surface area contributed by atoms with E-state index in [-0.39, 0.29) is 5.92 Å². The molecule has 1 heterocycles. The van der Waals surface area contributed by atoms with Crippen LogP contribution in [-0.4, -0.2) is 43.5 Å². The predicted molar refractivity (Wildman–Crippen MR) is 82.5 cm³/mol. The van der Waals surface area contributed by atoms with Gasteiger partial charge < -0.3 is 20.1 Å². The zero-order valence-corrected chi connectivity index (χ0v) is 12.7. The monoisotopic (exact) mass is 278 g/mol. The number of piperazine rings is 1. The van der Waals surface area contributed by atoms with E-state index in [4.69, 9.17) is 4.74 Å². The van der Waals surface area contributed by atoms with Crippen molar-refractivity contribution >= 4 is 5.69 Å². The molecule has 20 heavy (non-hydrogen) atoms. The smallest absolute Gasteiger partial charge is 0.119 e. The summed E-state index contributed by atoms with van der Waals surface area (Å²) in [6, 6.07) is 8.14. The van der Waals surface area contributed by atoms with E-state index in [1.54, 1.807) is 0 Å². The Bertz CT molecular complexity index is 409. The summed E-state index contributed by atoms with van der Waals surface area (Å²) < 4.78 is 5.69. The van der Waals surface area contributed by atoms with Crippen LogP contribution < -0.4 is 15.0 Å². The third-order valence-corrected chi connectivity index (χ3v) is 4.09. The van der Waals surface area contributed by atoms with Gasteiger partial charge in [-0.3, -0.25) is 0 Å². The molecule has 0 spiro atoms. The van der Waals surface area contributed by atoms with Crippen molar-refractivity contribution in [3.05, 3.63) is 24.3 Å². The molecule has 0 amide bonds. The van der Waals surface area contributed by atoms with Crippen molar-refractivity contribution in [3.63, 3.8) is 0 Å². The molecule has 112 valence electrons. The Hall–Kier alpha value is -1.26. The first-order chi connectivity index (χ1) is 9.49. The van der Waals surface area contributed by atoms with Crippen LogP contribution in [0.5, 0.6) is 5.75 Å². The highest BCUT2D eigenvalue weighted by molar-refractivity contribution is 5.49. The van der Waals surface area contributed by atoms with E-state index in [1.165, 1.54) is 5.69 Å². The van der Waals surface area contributed by atoms with Crippen molar-refractivity contribution in [1.29, 1.82) is 0 Å². The summed E-state index contributed by atoms with van der Waals surface area (Å²) in [5, 5.41) is 13.5. The zero-order chi connectivity index (χ0) is 14.6. The second-order valence-electron chi connectivity index (χ2n) is 6.03. The number of anilines is 1. The number of nitrogens with zero attached hydrogens (tertiary/aromatic N) is 1. The Morgan fingerprint density at radius 2 is 1.85 bits per heavy atom. The fourth-order valence-electron chi connectivity index (χ4n) is 2.07. The predicted octanol–water partition coefficient (Wildman–Crippen LogP) is 1.88. The number of rotatable bonds is 5. The van der Waals surface area contributed by atoms with Crippen LogP contribution in [0.4, 0.5) is 5.69 Å². The minimum Gasteiger partial charge on any atom is -0.491 e. The largest absolute Gasteiger partial charge is 0.491 e. The topological polar surface area (TPSA) is 44.7 Å². The maximum atomic E-state index is 10.2. The first kappa shape index (κ1) is 15.1. The number of aliphatic hydroxyl groups is 1. The van der Waals surface area contributed by atoms with Crippen LogP contribution in [0.2, 0.25) is 0 Å². The molecule has 4 nitrogen and oxygen atoms in total. The molecule has 0 aliphatic carbocycles. The van der Waals surface area contributed by atoms with Gasteiger partial charge in [0, 0.05) is 31.9 Å². The molecule has 0 aromatic heterocycles. The maximum absolute atomic E-state index is 10.2. The highest BCUT2D eigenvalue weighted by atomic mass is 16.5. The van der Waals surface area contributed by atoms with Crippen molar-refractivity contribution in [1.82, 2.24) is 5.32 Å². The number of benzene rings is 1. The lowest BCUT2D eigenvalue weighted by atomic mass is 9.94. The Kier molecular flexibility index (Phi) is 4.89. The van der Waals surface area contributed by atoms with Crippen LogP contribution in [0, 0.1) is 5.92 Å². The molecule has 0 radical (unpaired) electrons. The van der Waals surface area contributed by atoms with Crippen molar-refractivity contribution in [2.24, 2.45) is 5.92 Å². The molecule has 1 aromatic carbocycles. The highest BCUT2D eigenvalue weighted by Gasteiger charge is 2.25. The Morgan fingerprint density at radius 1 is 1.25 bits per heavy atom. The summed E-state index contributed by atoms with van der Waals surface area (Å²) in [6.45, 7) is 10.3. The van der Waals surface area contributed by atoms with Gasteiger partial charge in [-0.25, -0.2) is 0 Å². The summed E-state index contributed by atoms with van der Waals surface area (Å²) in [7, 11) is 0. The Labute approximate surface area is 121 Å². The summed E-state index contributed by atoms with van der Waals surface area (Å²) in [4.78, 5) is 2.37. The number of ether oxygens (including phenoxy) is 1. The second-order valence-corrected chi connectivity index (χ2v) is 6.03. The van der Waals surface area contributed by atoms with Crippen LogP contribution in [0.1, 0.15) is 20.8 Å². The molecular weight excluding hydrogens is 252 g/mol. The van der Waals surface area contributed by atoms with Crippen LogP contribution >= 0.6 is 0 Å². The minimum atomic E-state index is -0.794. The molecular formula is C16H26N2O2. The van der Waals surface area contributed by atoms with E-state index < -0.39 is 5.60 Å². The van der Waals surface area contributed by atoms with Crippen molar-refractivity contribution < 1.29 is 9.84 Å². The quantitative estimate of drug-likeness (QED) is 0.863.